The number of nitrogens with zero attached hydrogens (tertiary/aromatic N) is 2. The molecule has 2 atom stereocenters. The Morgan fingerprint density at radius 2 is 1.74 bits per heavy atom. The molecule has 6 nitrogen and oxygen atoms in total. The summed E-state index contributed by atoms with van der Waals surface area (Å²) in [6.07, 6.45) is 0.800. The van der Waals surface area contributed by atoms with Gasteiger partial charge in [-0.15, -0.1) is 0 Å². The van der Waals surface area contributed by atoms with Gasteiger partial charge in [0.15, 0.2) is 0 Å². The van der Waals surface area contributed by atoms with Crippen LogP contribution in [0, 0.1) is 5.82 Å². The number of ether oxygens (including phenoxy) is 1. The van der Waals surface area contributed by atoms with E-state index in [-0.39, 0.29) is 17.6 Å². The lowest BCUT2D eigenvalue weighted by Crippen LogP contribution is -2.48. The van der Waals surface area contributed by atoms with Gasteiger partial charge in [0.1, 0.15) is 5.82 Å². The number of carbonyl (C=O) groups excluding carboxylic acids is 2. The number of nitrogens with one attached hydrogen (secondary N) is 1. The first-order valence-corrected chi connectivity index (χ1v) is 13.2. The molecule has 1 heterocycles. The summed E-state index contributed by atoms with van der Waals surface area (Å²) in [5.41, 5.74) is 3.19. The molecule has 7 heteroatoms. The number of fused-ring (bicyclic) bond motifs is 1. The molecule has 4 rings (SSSR count). The topological polar surface area (TPSA) is 61.9 Å². The molecule has 0 saturated heterocycles. The number of hydrogen-bond donors (Lipinski definition) is 1. The summed E-state index contributed by atoms with van der Waals surface area (Å²) in [5, 5.41) is 3.13. The number of methoxy groups -OCH3 is 1. The van der Waals surface area contributed by atoms with Gasteiger partial charge in [-0.25, -0.2) is 4.39 Å². The number of rotatable bonds is 12. The summed E-state index contributed by atoms with van der Waals surface area (Å²) in [7, 11) is 1.58. The molecule has 1 aliphatic heterocycles. The molecule has 38 heavy (non-hydrogen) atoms. The normalized spacial score (nSPS) is 16.9. The molecular formula is C31H36FN3O3. The summed E-state index contributed by atoms with van der Waals surface area (Å²) < 4.78 is 19.1. The Morgan fingerprint density at radius 3 is 2.45 bits per heavy atom. The van der Waals surface area contributed by atoms with E-state index in [1.54, 1.807) is 30.2 Å². The molecule has 2 amide bonds. The Labute approximate surface area is 224 Å². The van der Waals surface area contributed by atoms with Gasteiger partial charge in [-0.1, -0.05) is 67.6 Å². The van der Waals surface area contributed by atoms with Gasteiger partial charge in [0, 0.05) is 38.9 Å². The molecule has 200 valence electrons. The van der Waals surface area contributed by atoms with E-state index in [9.17, 15) is 14.0 Å². The van der Waals surface area contributed by atoms with E-state index in [1.165, 1.54) is 17.7 Å². The lowest BCUT2D eigenvalue weighted by molar-refractivity contribution is -0.124. The van der Waals surface area contributed by atoms with Crippen LogP contribution >= 0.6 is 0 Å². The lowest BCUT2D eigenvalue weighted by Gasteiger charge is -2.41. The van der Waals surface area contributed by atoms with Crippen molar-refractivity contribution in [3.05, 3.63) is 107 Å². The molecule has 0 unspecified atom stereocenters. The third-order valence-corrected chi connectivity index (χ3v) is 7.12. The molecule has 0 radical (unpaired) electrons. The Bertz CT molecular complexity index is 1200. The van der Waals surface area contributed by atoms with Gasteiger partial charge in [0.2, 0.25) is 5.91 Å². The predicted octanol–water partition coefficient (Wildman–Crippen LogP) is 4.78. The number of carbonyl (C=O) groups is 2. The molecule has 0 saturated carbocycles. The quantitative estimate of drug-likeness (QED) is 0.351. The highest BCUT2D eigenvalue weighted by Gasteiger charge is 2.43. The minimum atomic E-state index is -0.627. The highest BCUT2D eigenvalue weighted by molar-refractivity contribution is 6.01. The fourth-order valence-corrected chi connectivity index (χ4v) is 5.16. The SMILES string of the molecule is CCN(CCCNC(=O)[C@@H]1c2ccccc2C(=O)N(CCOC)[C@@H]1c1ccc(F)cc1)Cc1ccccc1. The van der Waals surface area contributed by atoms with Crippen molar-refractivity contribution in [1.82, 2.24) is 15.1 Å². The van der Waals surface area contributed by atoms with Crippen molar-refractivity contribution in [3.8, 4) is 0 Å². The monoisotopic (exact) mass is 517 g/mol. The summed E-state index contributed by atoms with van der Waals surface area (Å²) in [5.74, 6) is -1.29. The van der Waals surface area contributed by atoms with E-state index in [0.717, 1.165) is 26.1 Å². The maximum atomic E-state index is 13.8. The van der Waals surface area contributed by atoms with Crippen LogP contribution in [0.3, 0.4) is 0 Å². The van der Waals surface area contributed by atoms with Crippen LogP contribution in [0.5, 0.6) is 0 Å². The van der Waals surface area contributed by atoms with Gasteiger partial charge in [0.25, 0.3) is 5.91 Å². The minimum Gasteiger partial charge on any atom is -0.383 e. The second-order valence-corrected chi connectivity index (χ2v) is 9.55. The van der Waals surface area contributed by atoms with Crippen LogP contribution in [0.4, 0.5) is 4.39 Å². The van der Waals surface area contributed by atoms with Crippen LogP contribution in [0.2, 0.25) is 0 Å². The predicted molar refractivity (Wildman–Crippen MR) is 146 cm³/mol. The molecule has 0 bridgehead atoms. The highest BCUT2D eigenvalue weighted by atomic mass is 19.1. The van der Waals surface area contributed by atoms with Crippen LogP contribution in [0.1, 0.15) is 52.4 Å². The fourth-order valence-electron chi connectivity index (χ4n) is 5.16. The first kappa shape index (κ1) is 27.5. The van der Waals surface area contributed by atoms with Crippen LogP contribution in [0.25, 0.3) is 0 Å². The molecule has 0 aliphatic carbocycles. The second-order valence-electron chi connectivity index (χ2n) is 9.55. The van der Waals surface area contributed by atoms with E-state index in [4.69, 9.17) is 4.74 Å². The average molecular weight is 518 g/mol. The molecule has 0 fully saturated rings. The lowest BCUT2D eigenvalue weighted by atomic mass is 9.79. The summed E-state index contributed by atoms with van der Waals surface area (Å²) in [6, 6.07) is 23.1. The third-order valence-electron chi connectivity index (χ3n) is 7.12. The van der Waals surface area contributed by atoms with Crippen LogP contribution in [0.15, 0.2) is 78.9 Å². The molecule has 0 spiro atoms. The summed E-state index contributed by atoms with van der Waals surface area (Å²) in [6.45, 7) is 5.94. The van der Waals surface area contributed by atoms with Crippen molar-refractivity contribution in [1.29, 1.82) is 0 Å². The van der Waals surface area contributed by atoms with Crippen molar-refractivity contribution in [3.63, 3.8) is 0 Å². The minimum absolute atomic E-state index is 0.146. The number of benzene rings is 3. The van der Waals surface area contributed by atoms with Gasteiger partial charge >= 0.3 is 0 Å². The maximum absolute atomic E-state index is 13.8. The van der Waals surface area contributed by atoms with Crippen LogP contribution in [-0.2, 0) is 16.1 Å². The Morgan fingerprint density at radius 1 is 1.03 bits per heavy atom. The Balaban J connectivity index is 1.52. The number of hydrogen-bond acceptors (Lipinski definition) is 4. The van der Waals surface area contributed by atoms with E-state index < -0.39 is 12.0 Å². The van der Waals surface area contributed by atoms with Crippen molar-refractivity contribution >= 4 is 11.8 Å². The Hall–Kier alpha value is -3.55. The summed E-state index contributed by atoms with van der Waals surface area (Å²) >= 11 is 0. The third kappa shape index (κ3) is 6.47. The van der Waals surface area contributed by atoms with Crippen LogP contribution in [-0.4, -0.2) is 61.5 Å². The van der Waals surface area contributed by atoms with Crippen molar-refractivity contribution in [2.75, 3.05) is 39.9 Å². The molecule has 1 aliphatic rings. The zero-order chi connectivity index (χ0) is 26.9. The zero-order valence-electron chi connectivity index (χ0n) is 22.1. The molecular weight excluding hydrogens is 481 g/mol. The van der Waals surface area contributed by atoms with Gasteiger partial charge in [-0.05, 0) is 47.9 Å². The smallest absolute Gasteiger partial charge is 0.254 e. The highest BCUT2D eigenvalue weighted by Crippen LogP contribution is 2.42. The zero-order valence-corrected chi connectivity index (χ0v) is 22.1. The van der Waals surface area contributed by atoms with Crippen LogP contribution < -0.4 is 5.32 Å². The molecule has 1 N–H and O–H groups in total. The van der Waals surface area contributed by atoms with E-state index in [0.29, 0.717) is 36.4 Å². The number of amides is 2. The molecule has 3 aromatic carbocycles. The maximum Gasteiger partial charge on any atom is 0.254 e. The molecule has 0 aromatic heterocycles. The van der Waals surface area contributed by atoms with Crippen molar-refractivity contribution in [2.45, 2.75) is 31.8 Å². The van der Waals surface area contributed by atoms with E-state index in [2.05, 4.69) is 29.3 Å². The van der Waals surface area contributed by atoms with Gasteiger partial charge < -0.3 is 15.0 Å². The summed E-state index contributed by atoms with van der Waals surface area (Å²) in [4.78, 5) is 31.3. The fraction of sp³-hybridized carbons (Fsp3) is 0.355. The van der Waals surface area contributed by atoms with Crippen molar-refractivity contribution in [2.24, 2.45) is 0 Å². The first-order chi connectivity index (χ1) is 18.5. The van der Waals surface area contributed by atoms with Gasteiger partial charge in [0.05, 0.1) is 18.6 Å². The molecule has 3 aromatic rings. The number of halogens is 1. The second kappa shape index (κ2) is 13.3. The Kier molecular flexibility index (Phi) is 9.62. The average Bonchev–Trinajstić information content (AvgIpc) is 2.95. The van der Waals surface area contributed by atoms with Crippen molar-refractivity contribution < 1.29 is 18.7 Å². The van der Waals surface area contributed by atoms with Gasteiger partial charge in [-0.3, -0.25) is 14.5 Å². The largest absolute Gasteiger partial charge is 0.383 e. The van der Waals surface area contributed by atoms with E-state index in [1.807, 2.05) is 36.4 Å². The standard InChI is InChI=1S/C31H36FN3O3/c1-3-34(22-23-10-5-4-6-11-23)19-9-18-33-30(36)28-26-12-7-8-13-27(26)31(37)35(20-21-38-2)29(28)24-14-16-25(32)17-15-24/h4-8,10-17,28-29H,3,9,18-22H2,1-2H3,(H,33,36)/t28-,29-/m1/s1. The van der Waals surface area contributed by atoms with E-state index >= 15 is 0 Å². The first-order valence-electron chi connectivity index (χ1n) is 13.2. The van der Waals surface area contributed by atoms with Gasteiger partial charge in [-0.2, -0.15) is 0 Å².